The lowest BCUT2D eigenvalue weighted by atomic mass is 9.76. The molecule has 0 spiro atoms. The van der Waals surface area contributed by atoms with E-state index in [9.17, 15) is 23.5 Å². The third-order valence-corrected chi connectivity index (χ3v) is 3.90. The fraction of sp³-hybridized carbons (Fsp3) is 0.867. The molecule has 0 aliphatic heterocycles. The predicted molar refractivity (Wildman–Crippen MR) is 76.9 cm³/mol. The first-order valence-corrected chi connectivity index (χ1v) is 7.50. The SMILES string of the molecule is CC(C)(C)OC(=O)NC(C(=O)O)C1CCC(C(C)(F)F)CC1. The van der Waals surface area contributed by atoms with Crippen molar-refractivity contribution in [2.45, 2.75) is 70.9 Å². The number of amides is 1. The van der Waals surface area contributed by atoms with E-state index in [0.29, 0.717) is 12.8 Å². The normalized spacial score (nSPS) is 24.5. The number of carbonyl (C=O) groups is 2. The average molecular weight is 321 g/mol. The van der Waals surface area contributed by atoms with Crippen LogP contribution in [0.5, 0.6) is 0 Å². The molecule has 0 heterocycles. The van der Waals surface area contributed by atoms with Crippen LogP contribution in [0.25, 0.3) is 0 Å². The van der Waals surface area contributed by atoms with Crippen LogP contribution in [0.3, 0.4) is 0 Å². The number of nitrogens with one attached hydrogen (secondary N) is 1. The van der Waals surface area contributed by atoms with Gasteiger partial charge in [-0.2, -0.15) is 0 Å². The first kappa shape index (κ1) is 18.6. The minimum atomic E-state index is -2.75. The number of hydrogen-bond donors (Lipinski definition) is 2. The molecule has 1 aliphatic rings. The van der Waals surface area contributed by atoms with E-state index in [-0.39, 0.29) is 18.8 Å². The van der Waals surface area contributed by atoms with Crippen molar-refractivity contribution in [1.82, 2.24) is 5.32 Å². The lowest BCUT2D eigenvalue weighted by Crippen LogP contribution is -2.49. The van der Waals surface area contributed by atoms with Gasteiger partial charge in [0.05, 0.1) is 0 Å². The van der Waals surface area contributed by atoms with Gasteiger partial charge in [-0.3, -0.25) is 0 Å². The van der Waals surface area contributed by atoms with Gasteiger partial charge >= 0.3 is 12.1 Å². The molecule has 7 heteroatoms. The van der Waals surface area contributed by atoms with Gasteiger partial charge in [-0.05, 0) is 59.3 Å². The third kappa shape index (κ3) is 5.77. The van der Waals surface area contributed by atoms with Crippen molar-refractivity contribution >= 4 is 12.1 Å². The van der Waals surface area contributed by atoms with Crippen LogP contribution in [0.1, 0.15) is 53.4 Å². The van der Waals surface area contributed by atoms with E-state index in [1.54, 1.807) is 20.8 Å². The van der Waals surface area contributed by atoms with E-state index >= 15 is 0 Å². The van der Waals surface area contributed by atoms with Crippen LogP contribution in [0.4, 0.5) is 13.6 Å². The number of ether oxygens (including phenoxy) is 1. The molecule has 0 aromatic rings. The summed E-state index contributed by atoms with van der Waals surface area (Å²) in [5, 5.41) is 11.6. The number of carbonyl (C=O) groups excluding carboxylic acids is 1. The van der Waals surface area contributed by atoms with Crippen molar-refractivity contribution in [3.8, 4) is 0 Å². The first-order chi connectivity index (χ1) is 9.90. The summed E-state index contributed by atoms with van der Waals surface area (Å²) < 4.78 is 31.6. The van der Waals surface area contributed by atoms with Crippen LogP contribution in [0.2, 0.25) is 0 Å². The quantitative estimate of drug-likeness (QED) is 0.832. The molecule has 128 valence electrons. The Hall–Kier alpha value is -1.40. The molecule has 0 aromatic carbocycles. The second-order valence-electron chi connectivity index (χ2n) is 7.03. The molecule has 1 amide bonds. The number of alkyl halides is 2. The third-order valence-electron chi connectivity index (χ3n) is 3.90. The highest BCUT2D eigenvalue weighted by Gasteiger charge is 2.40. The van der Waals surface area contributed by atoms with Gasteiger partial charge < -0.3 is 15.2 Å². The Morgan fingerprint density at radius 3 is 2.00 bits per heavy atom. The maximum atomic E-state index is 13.3. The minimum absolute atomic E-state index is 0.258. The van der Waals surface area contributed by atoms with Gasteiger partial charge in [0.15, 0.2) is 0 Å². The van der Waals surface area contributed by atoms with Gasteiger partial charge in [-0.15, -0.1) is 0 Å². The Balaban J connectivity index is 2.63. The summed E-state index contributed by atoms with van der Waals surface area (Å²) in [6.07, 6.45) is 0.409. The van der Waals surface area contributed by atoms with Crippen molar-refractivity contribution in [1.29, 1.82) is 0 Å². The second kappa shape index (κ2) is 6.79. The van der Waals surface area contributed by atoms with Gasteiger partial charge in [0, 0.05) is 5.92 Å². The van der Waals surface area contributed by atoms with E-state index in [1.165, 1.54) is 0 Å². The summed E-state index contributed by atoms with van der Waals surface area (Å²) in [7, 11) is 0. The standard InChI is InChI=1S/C15H25F2NO4/c1-14(2,3)22-13(21)18-11(12(19)20)9-5-7-10(8-6-9)15(4,16)17/h9-11H,5-8H2,1-4H3,(H,18,21)(H,19,20). The molecule has 1 atom stereocenters. The highest BCUT2D eigenvalue weighted by molar-refractivity contribution is 5.80. The summed E-state index contributed by atoms with van der Waals surface area (Å²) in [6, 6.07) is -1.11. The number of halogens is 2. The predicted octanol–water partition coefficient (Wildman–Crippen LogP) is 3.43. The van der Waals surface area contributed by atoms with E-state index in [0.717, 1.165) is 6.92 Å². The Morgan fingerprint density at radius 2 is 1.64 bits per heavy atom. The van der Waals surface area contributed by atoms with Crippen molar-refractivity contribution < 1.29 is 28.2 Å². The lowest BCUT2D eigenvalue weighted by molar-refractivity contribution is -0.141. The van der Waals surface area contributed by atoms with E-state index in [4.69, 9.17) is 4.74 Å². The first-order valence-electron chi connectivity index (χ1n) is 7.50. The molecule has 1 fully saturated rings. The molecule has 1 aliphatic carbocycles. The van der Waals surface area contributed by atoms with E-state index in [1.807, 2.05) is 0 Å². The summed E-state index contributed by atoms with van der Waals surface area (Å²) >= 11 is 0. The van der Waals surface area contributed by atoms with E-state index < -0.39 is 35.5 Å². The Labute approximate surface area is 129 Å². The molecule has 1 unspecified atom stereocenters. The highest BCUT2D eigenvalue weighted by atomic mass is 19.3. The number of carboxylic acid groups (broad SMARTS) is 1. The molecule has 22 heavy (non-hydrogen) atoms. The molecule has 1 rings (SSSR count). The molecule has 1 saturated carbocycles. The van der Waals surface area contributed by atoms with Gasteiger partial charge in [-0.25, -0.2) is 18.4 Å². The summed E-state index contributed by atoms with van der Waals surface area (Å²) in [6.45, 7) is 5.93. The molecule has 0 bridgehead atoms. The maximum Gasteiger partial charge on any atom is 0.408 e. The van der Waals surface area contributed by atoms with Crippen molar-refractivity contribution in [3.63, 3.8) is 0 Å². The van der Waals surface area contributed by atoms with Crippen molar-refractivity contribution in [3.05, 3.63) is 0 Å². The fourth-order valence-electron chi connectivity index (χ4n) is 2.78. The molecular weight excluding hydrogens is 296 g/mol. The Bertz CT molecular complexity index is 407. The average Bonchev–Trinajstić information content (AvgIpc) is 2.32. The van der Waals surface area contributed by atoms with Crippen LogP contribution >= 0.6 is 0 Å². The largest absolute Gasteiger partial charge is 0.480 e. The van der Waals surface area contributed by atoms with Gasteiger partial charge in [0.2, 0.25) is 5.92 Å². The summed E-state index contributed by atoms with van der Waals surface area (Å²) in [4.78, 5) is 23.1. The molecule has 0 aromatic heterocycles. The summed E-state index contributed by atoms with van der Waals surface area (Å²) in [5.74, 6) is -5.00. The number of rotatable bonds is 4. The zero-order valence-corrected chi connectivity index (χ0v) is 13.5. The lowest BCUT2D eigenvalue weighted by Gasteiger charge is -2.34. The Morgan fingerprint density at radius 1 is 1.14 bits per heavy atom. The summed E-state index contributed by atoms with van der Waals surface area (Å²) in [5.41, 5.74) is -0.727. The van der Waals surface area contributed by atoms with Gasteiger partial charge in [0.1, 0.15) is 11.6 Å². The van der Waals surface area contributed by atoms with Gasteiger partial charge in [0.25, 0.3) is 0 Å². The second-order valence-corrected chi connectivity index (χ2v) is 7.03. The highest BCUT2D eigenvalue weighted by Crippen LogP contribution is 2.39. The monoisotopic (exact) mass is 321 g/mol. The smallest absolute Gasteiger partial charge is 0.408 e. The topological polar surface area (TPSA) is 75.6 Å². The van der Waals surface area contributed by atoms with Crippen LogP contribution in [-0.2, 0) is 9.53 Å². The zero-order valence-electron chi connectivity index (χ0n) is 13.5. The zero-order chi connectivity index (χ0) is 17.1. The van der Waals surface area contributed by atoms with Crippen molar-refractivity contribution in [2.24, 2.45) is 11.8 Å². The van der Waals surface area contributed by atoms with E-state index in [2.05, 4.69) is 5.32 Å². The van der Waals surface area contributed by atoms with Crippen LogP contribution in [-0.4, -0.2) is 34.7 Å². The molecule has 0 radical (unpaired) electrons. The fourth-order valence-corrected chi connectivity index (χ4v) is 2.78. The molecule has 5 nitrogen and oxygen atoms in total. The van der Waals surface area contributed by atoms with Crippen LogP contribution in [0, 0.1) is 11.8 Å². The van der Waals surface area contributed by atoms with Crippen LogP contribution in [0.15, 0.2) is 0 Å². The number of carboxylic acids is 1. The molecular formula is C15H25F2NO4. The number of hydrogen-bond acceptors (Lipinski definition) is 3. The van der Waals surface area contributed by atoms with Gasteiger partial charge in [-0.1, -0.05) is 0 Å². The van der Waals surface area contributed by atoms with Crippen LogP contribution < -0.4 is 5.32 Å². The molecule has 0 saturated heterocycles. The minimum Gasteiger partial charge on any atom is -0.480 e. The van der Waals surface area contributed by atoms with Crippen molar-refractivity contribution in [2.75, 3.05) is 0 Å². The Kier molecular flexibility index (Phi) is 5.76. The number of alkyl carbamates (subject to hydrolysis) is 1. The maximum absolute atomic E-state index is 13.3. The number of aliphatic carboxylic acids is 1. The molecule has 2 N–H and O–H groups in total.